The number of hydrogen-bond acceptors (Lipinski definition) is 6. The zero-order valence-electron chi connectivity index (χ0n) is 11.6. The molecule has 1 rings (SSSR count). The fourth-order valence-corrected chi connectivity index (χ4v) is 1.59. The van der Waals surface area contributed by atoms with Gasteiger partial charge < -0.3 is 20.6 Å². The highest BCUT2D eigenvalue weighted by Crippen LogP contribution is 2.07. The molecule has 106 valence electrons. The topological polar surface area (TPSA) is 96.9 Å². The Balaban J connectivity index is 2.66. The number of likely N-dealkylation sites (N-methyl/N-ethyl adjacent to an activating group) is 1. The van der Waals surface area contributed by atoms with E-state index in [2.05, 4.69) is 33.9 Å². The standard InChI is InChI=1S/C12H21N5O2/c1-4-17(5-2)6-7-19-12-14-9(3)8-10(15-12)11(13)16-18/h8,18H,4-7H2,1-3H3,(H2,13,16). The summed E-state index contributed by atoms with van der Waals surface area (Å²) in [7, 11) is 0. The van der Waals surface area contributed by atoms with Gasteiger partial charge in [0.25, 0.3) is 0 Å². The maximum atomic E-state index is 8.64. The van der Waals surface area contributed by atoms with Gasteiger partial charge >= 0.3 is 6.01 Å². The second-order valence-corrected chi connectivity index (χ2v) is 4.04. The van der Waals surface area contributed by atoms with Crippen molar-refractivity contribution in [3.63, 3.8) is 0 Å². The van der Waals surface area contributed by atoms with Gasteiger partial charge in [0.1, 0.15) is 12.3 Å². The molecule has 7 nitrogen and oxygen atoms in total. The molecule has 0 unspecified atom stereocenters. The van der Waals surface area contributed by atoms with Gasteiger partial charge in [-0.25, -0.2) is 4.98 Å². The molecule has 7 heteroatoms. The molecule has 1 aromatic rings. The average Bonchev–Trinajstić information content (AvgIpc) is 2.42. The molecule has 0 saturated carbocycles. The highest BCUT2D eigenvalue weighted by Gasteiger charge is 2.07. The van der Waals surface area contributed by atoms with Gasteiger partial charge in [-0.1, -0.05) is 19.0 Å². The van der Waals surface area contributed by atoms with Gasteiger partial charge in [0, 0.05) is 12.2 Å². The number of nitrogens with zero attached hydrogens (tertiary/aromatic N) is 4. The minimum absolute atomic E-state index is 0.0564. The maximum absolute atomic E-state index is 8.64. The molecule has 0 radical (unpaired) electrons. The second-order valence-electron chi connectivity index (χ2n) is 4.04. The van der Waals surface area contributed by atoms with Gasteiger partial charge in [0.05, 0.1) is 0 Å². The molecule has 19 heavy (non-hydrogen) atoms. The van der Waals surface area contributed by atoms with Crippen LogP contribution < -0.4 is 10.5 Å². The molecule has 0 aliphatic rings. The zero-order valence-corrected chi connectivity index (χ0v) is 11.6. The summed E-state index contributed by atoms with van der Waals surface area (Å²) < 4.78 is 5.50. The molecular formula is C12H21N5O2. The van der Waals surface area contributed by atoms with Gasteiger partial charge in [-0.15, -0.1) is 0 Å². The van der Waals surface area contributed by atoms with Crippen molar-refractivity contribution in [1.82, 2.24) is 14.9 Å². The zero-order chi connectivity index (χ0) is 14.3. The summed E-state index contributed by atoms with van der Waals surface area (Å²) in [5, 5.41) is 11.6. The molecule has 0 atom stereocenters. The molecule has 0 spiro atoms. The number of aryl methyl sites for hydroxylation is 1. The van der Waals surface area contributed by atoms with Crippen LogP contribution in [0.3, 0.4) is 0 Å². The van der Waals surface area contributed by atoms with E-state index in [0.717, 1.165) is 19.6 Å². The summed E-state index contributed by atoms with van der Waals surface area (Å²) >= 11 is 0. The lowest BCUT2D eigenvalue weighted by Crippen LogP contribution is -2.28. The van der Waals surface area contributed by atoms with Crippen LogP contribution in [0.15, 0.2) is 11.2 Å². The molecule has 0 aliphatic carbocycles. The van der Waals surface area contributed by atoms with E-state index in [1.807, 2.05) is 0 Å². The van der Waals surface area contributed by atoms with Crippen LogP contribution in [-0.2, 0) is 0 Å². The number of rotatable bonds is 7. The summed E-state index contributed by atoms with van der Waals surface area (Å²) in [5.74, 6) is -0.0564. The van der Waals surface area contributed by atoms with Crippen molar-refractivity contribution in [1.29, 1.82) is 0 Å². The lowest BCUT2D eigenvalue weighted by atomic mass is 10.3. The third-order valence-corrected chi connectivity index (χ3v) is 2.74. The van der Waals surface area contributed by atoms with E-state index in [4.69, 9.17) is 15.7 Å². The SMILES string of the molecule is CCN(CC)CCOc1nc(C)cc(/C(N)=N/O)n1. The number of nitrogens with two attached hydrogens (primary N) is 1. The number of ether oxygens (including phenoxy) is 1. The molecule has 1 heterocycles. The van der Waals surface area contributed by atoms with Gasteiger partial charge in [-0.05, 0) is 26.1 Å². The number of hydrogen-bond donors (Lipinski definition) is 2. The van der Waals surface area contributed by atoms with Gasteiger partial charge in [0.15, 0.2) is 5.84 Å². The van der Waals surface area contributed by atoms with Crippen LogP contribution in [0.5, 0.6) is 6.01 Å². The minimum atomic E-state index is -0.0564. The molecule has 0 fully saturated rings. The van der Waals surface area contributed by atoms with E-state index in [0.29, 0.717) is 18.0 Å². The first kappa shape index (κ1) is 15.2. The van der Waals surface area contributed by atoms with Crippen molar-refractivity contribution >= 4 is 5.84 Å². The van der Waals surface area contributed by atoms with Crippen molar-refractivity contribution in [3.05, 3.63) is 17.5 Å². The Labute approximate surface area is 113 Å². The molecule has 1 aromatic heterocycles. The van der Waals surface area contributed by atoms with Crippen LogP contribution in [-0.4, -0.2) is 52.2 Å². The van der Waals surface area contributed by atoms with E-state index in [1.165, 1.54) is 0 Å². The fourth-order valence-electron chi connectivity index (χ4n) is 1.59. The molecule has 0 aliphatic heterocycles. The van der Waals surface area contributed by atoms with Crippen molar-refractivity contribution in [2.75, 3.05) is 26.2 Å². The molecule has 0 amide bonds. The summed E-state index contributed by atoms with van der Waals surface area (Å²) in [4.78, 5) is 10.5. The first-order chi connectivity index (χ1) is 9.10. The minimum Gasteiger partial charge on any atom is -0.462 e. The molecular weight excluding hydrogens is 246 g/mol. The van der Waals surface area contributed by atoms with E-state index < -0.39 is 0 Å². The first-order valence-corrected chi connectivity index (χ1v) is 6.29. The van der Waals surface area contributed by atoms with Crippen LogP contribution in [0, 0.1) is 6.92 Å². The van der Waals surface area contributed by atoms with Crippen molar-refractivity contribution in [3.8, 4) is 6.01 Å². The monoisotopic (exact) mass is 267 g/mol. The largest absolute Gasteiger partial charge is 0.462 e. The predicted molar refractivity (Wildman–Crippen MR) is 72.6 cm³/mol. The van der Waals surface area contributed by atoms with Crippen molar-refractivity contribution < 1.29 is 9.94 Å². The van der Waals surface area contributed by atoms with E-state index in [1.54, 1.807) is 13.0 Å². The summed E-state index contributed by atoms with van der Waals surface area (Å²) in [5.41, 5.74) is 6.56. The molecule has 3 N–H and O–H groups in total. The second kappa shape index (κ2) is 7.52. The number of aromatic nitrogens is 2. The van der Waals surface area contributed by atoms with Crippen molar-refractivity contribution in [2.24, 2.45) is 10.9 Å². The summed E-state index contributed by atoms with van der Waals surface area (Å²) in [6, 6.07) is 1.88. The van der Waals surface area contributed by atoms with E-state index in [-0.39, 0.29) is 11.8 Å². The first-order valence-electron chi connectivity index (χ1n) is 6.29. The van der Waals surface area contributed by atoms with Crippen molar-refractivity contribution in [2.45, 2.75) is 20.8 Å². The highest BCUT2D eigenvalue weighted by atomic mass is 16.5. The lowest BCUT2D eigenvalue weighted by Gasteiger charge is -2.17. The van der Waals surface area contributed by atoms with Crippen LogP contribution in [0.25, 0.3) is 0 Å². The third kappa shape index (κ3) is 4.70. The summed E-state index contributed by atoms with van der Waals surface area (Å²) in [6.45, 7) is 9.26. The quantitative estimate of drug-likeness (QED) is 0.325. The molecule has 0 bridgehead atoms. The normalized spacial score (nSPS) is 11.9. The van der Waals surface area contributed by atoms with E-state index >= 15 is 0 Å². The fraction of sp³-hybridized carbons (Fsp3) is 0.583. The Hall–Kier alpha value is -1.89. The van der Waals surface area contributed by atoms with Crippen LogP contribution >= 0.6 is 0 Å². The Kier molecular flexibility index (Phi) is 6.01. The number of amidine groups is 1. The Morgan fingerprint density at radius 1 is 1.42 bits per heavy atom. The smallest absolute Gasteiger partial charge is 0.317 e. The van der Waals surface area contributed by atoms with Crippen LogP contribution in [0.2, 0.25) is 0 Å². The van der Waals surface area contributed by atoms with Crippen LogP contribution in [0.1, 0.15) is 25.2 Å². The molecule has 0 saturated heterocycles. The van der Waals surface area contributed by atoms with Crippen LogP contribution in [0.4, 0.5) is 0 Å². The maximum Gasteiger partial charge on any atom is 0.317 e. The lowest BCUT2D eigenvalue weighted by molar-refractivity contribution is 0.212. The predicted octanol–water partition coefficient (Wildman–Crippen LogP) is 0.600. The number of oxime groups is 1. The Morgan fingerprint density at radius 2 is 2.11 bits per heavy atom. The Morgan fingerprint density at radius 3 is 2.68 bits per heavy atom. The molecule has 0 aromatic carbocycles. The van der Waals surface area contributed by atoms with Gasteiger partial charge in [-0.3, -0.25) is 0 Å². The van der Waals surface area contributed by atoms with Gasteiger partial charge in [0.2, 0.25) is 0 Å². The average molecular weight is 267 g/mol. The summed E-state index contributed by atoms with van der Waals surface area (Å²) in [6.07, 6.45) is 0. The highest BCUT2D eigenvalue weighted by molar-refractivity contribution is 5.95. The van der Waals surface area contributed by atoms with Gasteiger partial charge in [-0.2, -0.15) is 4.98 Å². The Bertz CT molecular complexity index is 432. The third-order valence-electron chi connectivity index (χ3n) is 2.74. The van der Waals surface area contributed by atoms with E-state index in [9.17, 15) is 0 Å².